The lowest BCUT2D eigenvalue weighted by molar-refractivity contribution is -0.129. The van der Waals surface area contributed by atoms with Crippen LogP contribution in [0.15, 0.2) is 54.1 Å². The van der Waals surface area contributed by atoms with Crippen molar-refractivity contribution in [3.8, 4) is 5.75 Å². The van der Waals surface area contributed by atoms with E-state index in [1.807, 2.05) is 48.5 Å². The minimum atomic E-state index is -0.395. The van der Waals surface area contributed by atoms with Gasteiger partial charge in [-0.15, -0.1) is 0 Å². The fourth-order valence-electron chi connectivity index (χ4n) is 3.97. The van der Waals surface area contributed by atoms with Gasteiger partial charge in [0.05, 0.1) is 5.57 Å². The minimum absolute atomic E-state index is 0.0960. The largest absolute Gasteiger partial charge is 0.488 e. The molecule has 0 aromatic heterocycles. The van der Waals surface area contributed by atoms with Gasteiger partial charge in [0.15, 0.2) is 0 Å². The Labute approximate surface area is 189 Å². The number of likely N-dealkylation sites (N-methyl/N-ethyl adjacent to an activating group) is 1. The second-order valence-electron chi connectivity index (χ2n) is 8.13. The number of rotatable bonds is 11. The maximum Gasteiger partial charge on any atom is 0.250 e. The summed E-state index contributed by atoms with van der Waals surface area (Å²) in [6.07, 6.45) is 5.15. The molecule has 2 amide bonds. The summed E-state index contributed by atoms with van der Waals surface area (Å²) in [4.78, 5) is 26.5. The van der Waals surface area contributed by atoms with E-state index in [2.05, 4.69) is 17.1 Å². The van der Waals surface area contributed by atoms with Crippen molar-refractivity contribution >= 4 is 22.6 Å². The van der Waals surface area contributed by atoms with Gasteiger partial charge in [0, 0.05) is 30.9 Å². The summed E-state index contributed by atoms with van der Waals surface area (Å²) in [5.74, 6) is 0.258. The standard InChI is InChI=1S/C25H33N3O4/c1-2-28-16-15-21(17-28)26-25(30)20(10-4-3-5-14-24(29)27-31)18-32-23-13-8-11-19-9-6-7-12-22(19)23/h6-13,21,31H,2-5,14-18H2,1H3,(H,26,30)(H,27,29)/b20-10+. The van der Waals surface area contributed by atoms with Gasteiger partial charge < -0.3 is 15.0 Å². The number of benzene rings is 2. The van der Waals surface area contributed by atoms with Crippen LogP contribution in [0.25, 0.3) is 10.8 Å². The zero-order chi connectivity index (χ0) is 22.8. The number of fused-ring (bicyclic) bond motifs is 1. The van der Waals surface area contributed by atoms with Crippen LogP contribution in [0, 0.1) is 0 Å². The highest BCUT2D eigenvalue weighted by Gasteiger charge is 2.24. The van der Waals surface area contributed by atoms with Crippen molar-refractivity contribution in [1.82, 2.24) is 15.7 Å². The second kappa shape index (κ2) is 12.2. The van der Waals surface area contributed by atoms with E-state index in [0.717, 1.165) is 49.0 Å². The highest BCUT2D eigenvalue weighted by atomic mass is 16.5. The van der Waals surface area contributed by atoms with Crippen LogP contribution < -0.4 is 15.5 Å². The average Bonchev–Trinajstić information content (AvgIpc) is 3.28. The molecule has 7 nitrogen and oxygen atoms in total. The molecule has 1 fully saturated rings. The number of hydrogen-bond donors (Lipinski definition) is 3. The van der Waals surface area contributed by atoms with Gasteiger partial charge in [-0.25, -0.2) is 5.48 Å². The summed E-state index contributed by atoms with van der Waals surface area (Å²) in [5, 5.41) is 13.9. The fourth-order valence-corrected chi connectivity index (χ4v) is 3.97. The first-order chi connectivity index (χ1) is 15.6. The monoisotopic (exact) mass is 439 g/mol. The molecule has 3 rings (SSSR count). The molecule has 1 aliphatic heterocycles. The Hall–Kier alpha value is -2.90. The molecule has 1 heterocycles. The van der Waals surface area contributed by atoms with Crippen molar-refractivity contribution in [3.63, 3.8) is 0 Å². The molecule has 7 heteroatoms. The number of hydrogen-bond acceptors (Lipinski definition) is 5. The van der Waals surface area contributed by atoms with Gasteiger partial charge in [0.1, 0.15) is 12.4 Å². The van der Waals surface area contributed by atoms with Gasteiger partial charge in [-0.3, -0.25) is 14.8 Å². The molecule has 1 unspecified atom stereocenters. The van der Waals surface area contributed by atoms with Crippen molar-refractivity contribution in [3.05, 3.63) is 54.1 Å². The van der Waals surface area contributed by atoms with E-state index in [4.69, 9.17) is 9.94 Å². The summed E-state index contributed by atoms with van der Waals surface area (Å²) in [5.41, 5.74) is 2.24. The molecule has 1 atom stereocenters. The van der Waals surface area contributed by atoms with Crippen LogP contribution in [0.2, 0.25) is 0 Å². The highest BCUT2D eigenvalue weighted by Crippen LogP contribution is 2.25. The van der Waals surface area contributed by atoms with Crippen molar-refractivity contribution in [2.75, 3.05) is 26.2 Å². The number of nitrogens with zero attached hydrogens (tertiary/aromatic N) is 1. The van der Waals surface area contributed by atoms with Crippen LogP contribution in [-0.4, -0.2) is 54.2 Å². The third kappa shape index (κ3) is 6.80. The van der Waals surface area contributed by atoms with Crippen LogP contribution in [0.5, 0.6) is 5.75 Å². The number of hydroxylamine groups is 1. The van der Waals surface area contributed by atoms with Crippen molar-refractivity contribution in [1.29, 1.82) is 0 Å². The average molecular weight is 440 g/mol. The zero-order valence-corrected chi connectivity index (χ0v) is 18.7. The molecule has 1 saturated heterocycles. The lowest BCUT2D eigenvalue weighted by atomic mass is 10.1. The Kier molecular flexibility index (Phi) is 9.07. The summed E-state index contributed by atoms with van der Waals surface area (Å²) >= 11 is 0. The van der Waals surface area contributed by atoms with Gasteiger partial charge in [-0.05, 0) is 43.7 Å². The Morgan fingerprint density at radius 3 is 2.78 bits per heavy atom. The van der Waals surface area contributed by atoms with E-state index < -0.39 is 5.91 Å². The first-order valence-corrected chi connectivity index (χ1v) is 11.4. The van der Waals surface area contributed by atoms with Crippen LogP contribution in [-0.2, 0) is 9.59 Å². The van der Waals surface area contributed by atoms with Gasteiger partial charge in [0.25, 0.3) is 5.91 Å². The Morgan fingerprint density at radius 1 is 1.19 bits per heavy atom. The third-order valence-corrected chi connectivity index (χ3v) is 5.85. The van der Waals surface area contributed by atoms with E-state index in [9.17, 15) is 9.59 Å². The van der Waals surface area contributed by atoms with Crippen molar-refractivity contribution in [2.24, 2.45) is 0 Å². The number of carbonyl (C=O) groups is 2. The molecule has 2 aromatic rings. The maximum atomic E-state index is 13.0. The molecular weight excluding hydrogens is 406 g/mol. The van der Waals surface area contributed by atoms with E-state index in [0.29, 0.717) is 18.4 Å². The molecular formula is C25H33N3O4. The first kappa shape index (κ1) is 23.8. The van der Waals surface area contributed by atoms with E-state index in [-0.39, 0.29) is 25.0 Å². The lowest BCUT2D eigenvalue weighted by Crippen LogP contribution is -2.38. The number of allylic oxidation sites excluding steroid dienone is 1. The number of unbranched alkanes of at least 4 members (excludes halogenated alkanes) is 2. The molecule has 172 valence electrons. The van der Waals surface area contributed by atoms with Crippen LogP contribution in [0.4, 0.5) is 0 Å². The maximum absolute atomic E-state index is 13.0. The van der Waals surface area contributed by atoms with E-state index in [1.54, 1.807) is 5.48 Å². The molecule has 0 aliphatic carbocycles. The lowest BCUT2D eigenvalue weighted by Gasteiger charge is -2.17. The van der Waals surface area contributed by atoms with Gasteiger partial charge >= 0.3 is 0 Å². The van der Waals surface area contributed by atoms with Gasteiger partial charge in [0.2, 0.25) is 5.91 Å². The molecule has 0 saturated carbocycles. The quantitative estimate of drug-likeness (QED) is 0.216. The first-order valence-electron chi connectivity index (χ1n) is 11.4. The van der Waals surface area contributed by atoms with Crippen molar-refractivity contribution in [2.45, 2.75) is 45.1 Å². The Bertz CT molecular complexity index is 938. The molecule has 0 spiro atoms. The normalized spacial score (nSPS) is 16.8. The summed E-state index contributed by atoms with van der Waals surface area (Å²) in [7, 11) is 0. The summed E-state index contributed by atoms with van der Waals surface area (Å²) in [6.45, 7) is 5.17. The number of amides is 2. The molecule has 3 N–H and O–H groups in total. The van der Waals surface area contributed by atoms with E-state index in [1.165, 1.54) is 0 Å². The van der Waals surface area contributed by atoms with E-state index >= 15 is 0 Å². The third-order valence-electron chi connectivity index (χ3n) is 5.85. The number of ether oxygens (including phenoxy) is 1. The number of nitrogens with one attached hydrogen (secondary N) is 2. The number of carbonyl (C=O) groups excluding carboxylic acids is 2. The van der Waals surface area contributed by atoms with Crippen LogP contribution >= 0.6 is 0 Å². The summed E-state index contributed by atoms with van der Waals surface area (Å²) < 4.78 is 6.09. The summed E-state index contributed by atoms with van der Waals surface area (Å²) in [6, 6.07) is 14.1. The SMILES string of the molecule is CCN1CCC(NC(=O)/C(=C/CCCCC(=O)NO)COc2cccc3ccccc23)C1. The topological polar surface area (TPSA) is 90.9 Å². The predicted molar refractivity (Wildman–Crippen MR) is 125 cm³/mol. The minimum Gasteiger partial charge on any atom is -0.488 e. The molecule has 2 aromatic carbocycles. The van der Waals surface area contributed by atoms with Crippen LogP contribution in [0.3, 0.4) is 0 Å². The second-order valence-corrected chi connectivity index (χ2v) is 8.13. The fraction of sp³-hybridized carbons (Fsp3) is 0.440. The Balaban J connectivity index is 1.64. The van der Waals surface area contributed by atoms with Crippen LogP contribution in [0.1, 0.15) is 39.0 Å². The number of likely N-dealkylation sites (tertiary alicyclic amines) is 1. The molecule has 0 bridgehead atoms. The van der Waals surface area contributed by atoms with Crippen molar-refractivity contribution < 1.29 is 19.5 Å². The molecule has 0 radical (unpaired) electrons. The molecule has 32 heavy (non-hydrogen) atoms. The zero-order valence-electron chi connectivity index (χ0n) is 18.7. The Morgan fingerprint density at radius 2 is 2.00 bits per heavy atom. The van der Waals surface area contributed by atoms with Gasteiger partial charge in [-0.1, -0.05) is 49.4 Å². The smallest absolute Gasteiger partial charge is 0.250 e. The predicted octanol–water partition coefficient (Wildman–Crippen LogP) is 3.42. The highest BCUT2D eigenvalue weighted by molar-refractivity contribution is 5.94. The molecule has 1 aliphatic rings. The van der Waals surface area contributed by atoms with Gasteiger partial charge in [-0.2, -0.15) is 0 Å².